The predicted octanol–water partition coefficient (Wildman–Crippen LogP) is 3.74. The molecule has 1 aliphatic rings. The summed E-state index contributed by atoms with van der Waals surface area (Å²) in [6.07, 6.45) is 0.882. The van der Waals surface area contributed by atoms with Crippen LogP contribution >= 0.6 is 0 Å². The van der Waals surface area contributed by atoms with Crippen molar-refractivity contribution in [1.29, 1.82) is 0 Å². The quantitative estimate of drug-likeness (QED) is 0.900. The highest BCUT2D eigenvalue weighted by Gasteiger charge is 2.27. The third kappa shape index (κ3) is 5.19. The van der Waals surface area contributed by atoms with Crippen LogP contribution in [0.3, 0.4) is 0 Å². The molecule has 25 heavy (non-hydrogen) atoms. The Balaban J connectivity index is 2.14. The van der Waals surface area contributed by atoms with Gasteiger partial charge in [-0.3, -0.25) is 9.69 Å². The maximum Gasteiger partial charge on any atom is 0.414 e. The van der Waals surface area contributed by atoms with Gasteiger partial charge < -0.3 is 14.8 Å². The summed E-state index contributed by atoms with van der Waals surface area (Å²) in [6.45, 7) is 10.3. The molecule has 1 aromatic carbocycles. The van der Waals surface area contributed by atoms with Crippen molar-refractivity contribution in [2.75, 3.05) is 23.4 Å². The molecule has 1 atom stereocenters. The number of ether oxygens (including phenoxy) is 2. The summed E-state index contributed by atoms with van der Waals surface area (Å²) in [5, 5.41) is 2.86. The van der Waals surface area contributed by atoms with Crippen molar-refractivity contribution in [2.45, 2.75) is 59.2 Å². The second kappa shape index (κ2) is 7.87. The summed E-state index contributed by atoms with van der Waals surface area (Å²) in [5.41, 5.74) is 2.05. The molecule has 0 saturated heterocycles. The van der Waals surface area contributed by atoms with Crippen LogP contribution in [-0.4, -0.2) is 36.9 Å². The number of fused-ring (bicyclic) bond motifs is 1. The Labute approximate surface area is 149 Å². The molecule has 6 heteroatoms. The Hall–Kier alpha value is -2.08. The van der Waals surface area contributed by atoms with E-state index in [0.717, 1.165) is 24.1 Å². The van der Waals surface area contributed by atoms with Crippen LogP contribution in [0.5, 0.6) is 0 Å². The zero-order chi connectivity index (χ0) is 18.6. The number of aryl methyl sites for hydroxylation is 1. The lowest BCUT2D eigenvalue weighted by Gasteiger charge is -2.32. The summed E-state index contributed by atoms with van der Waals surface area (Å²) < 4.78 is 10.8. The van der Waals surface area contributed by atoms with Crippen molar-refractivity contribution >= 4 is 23.4 Å². The average Bonchev–Trinajstić information content (AvgIpc) is 2.52. The Morgan fingerprint density at radius 3 is 2.68 bits per heavy atom. The maximum absolute atomic E-state index is 12.4. The fourth-order valence-corrected chi connectivity index (χ4v) is 2.75. The van der Waals surface area contributed by atoms with Crippen molar-refractivity contribution in [3.05, 3.63) is 23.8 Å². The Bertz CT molecular complexity index is 637. The normalized spacial score (nSPS) is 15.3. The maximum atomic E-state index is 12.4. The summed E-state index contributed by atoms with van der Waals surface area (Å²) in [7, 11) is 0. The molecule has 0 unspecified atom stereocenters. The summed E-state index contributed by atoms with van der Waals surface area (Å²) in [5.74, 6) is -0.179. The van der Waals surface area contributed by atoms with Crippen molar-refractivity contribution in [2.24, 2.45) is 0 Å². The average molecular weight is 348 g/mol. The van der Waals surface area contributed by atoms with Gasteiger partial charge in [-0.25, -0.2) is 4.79 Å². The molecule has 1 aromatic rings. The first-order valence-corrected chi connectivity index (χ1v) is 8.77. The van der Waals surface area contributed by atoms with Crippen LogP contribution in [0.1, 0.15) is 46.6 Å². The van der Waals surface area contributed by atoms with Gasteiger partial charge in [-0.15, -0.1) is 0 Å². The first-order chi connectivity index (χ1) is 11.7. The number of amides is 2. The molecule has 0 aromatic heterocycles. The molecule has 1 aliphatic heterocycles. The number of hydrogen-bond acceptors (Lipinski definition) is 4. The molecule has 138 valence electrons. The second-order valence-corrected chi connectivity index (χ2v) is 7.17. The lowest BCUT2D eigenvalue weighted by molar-refractivity contribution is -0.126. The van der Waals surface area contributed by atoms with E-state index in [9.17, 15) is 9.59 Å². The summed E-state index contributed by atoms with van der Waals surface area (Å²) in [6, 6.07) is 5.58. The van der Waals surface area contributed by atoms with E-state index < -0.39 is 11.7 Å². The van der Waals surface area contributed by atoms with Gasteiger partial charge in [-0.2, -0.15) is 0 Å². The smallest absolute Gasteiger partial charge is 0.414 e. The zero-order valence-electron chi connectivity index (χ0n) is 15.7. The fourth-order valence-electron chi connectivity index (χ4n) is 2.75. The number of anilines is 2. The Morgan fingerprint density at radius 1 is 1.32 bits per heavy atom. The first-order valence-electron chi connectivity index (χ1n) is 8.77. The number of hydrogen-bond donors (Lipinski definition) is 1. The molecule has 6 nitrogen and oxygen atoms in total. The molecule has 2 rings (SSSR count). The monoisotopic (exact) mass is 348 g/mol. The van der Waals surface area contributed by atoms with Crippen LogP contribution in [0.4, 0.5) is 16.2 Å². The van der Waals surface area contributed by atoms with Gasteiger partial charge in [0.05, 0.1) is 5.69 Å². The molecule has 1 N–H and O–H groups in total. The predicted molar refractivity (Wildman–Crippen MR) is 98.1 cm³/mol. The highest BCUT2D eigenvalue weighted by atomic mass is 16.6. The molecule has 0 fully saturated rings. The molecular formula is C19H28N2O4. The largest absolute Gasteiger partial charge is 0.443 e. The third-order valence-electron chi connectivity index (χ3n) is 3.87. The van der Waals surface area contributed by atoms with E-state index in [1.807, 2.05) is 39.8 Å². The minimum absolute atomic E-state index is 0.179. The number of carbonyl (C=O) groups is 2. The standard InChI is InChI=1S/C19H28N2O4/c1-6-24-13(2)17(22)20-15-9-10-16-14(12-15)8-7-11-21(16)18(23)25-19(3,4)5/h9-10,12-13H,6-8,11H2,1-5H3,(H,20,22)/t13-/m0/s1. The molecule has 1 heterocycles. The van der Waals surface area contributed by atoms with Crippen LogP contribution < -0.4 is 10.2 Å². The van der Waals surface area contributed by atoms with Crippen molar-refractivity contribution in [3.63, 3.8) is 0 Å². The van der Waals surface area contributed by atoms with Crippen LogP contribution in [-0.2, 0) is 20.7 Å². The van der Waals surface area contributed by atoms with E-state index in [1.165, 1.54) is 0 Å². The van der Waals surface area contributed by atoms with E-state index >= 15 is 0 Å². The van der Waals surface area contributed by atoms with Crippen molar-refractivity contribution in [1.82, 2.24) is 0 Å². The Morgan fingerprint density at radius 2 is 2.04 bits per heavy atom. The number of carbonyl (C=O) groups excluding carboxylic acids is 2. The fraction of sp³-hybridized carbons (Fsp3) is 0.579. The molecule has 0 radical (unpaired) electrons. The first kappa shape index (κ1) is 19.2. The molecule has 0 saturated carbocycles. The van der Waals surface area contributed by atoms with Gasteiger partial charge in [-0.05, 0) is 71.2 Å². The van der Waals surface area contributed by atoms with Gasteiger partial charge in [0, 0.05) is 18.8 Å². The highest BCUT2D eigenvalue weighted by Crippen LogP contribution is 2.31. The van der Waals surface area contributed by atoms with Crippen molar-refractivity contribution in [3.8, 4) is 0 Å². The van der Waals surface area contributed by atoms with E-state index in [1.54, 1.807) is 17.9 Å². The molecule has 2 amide bonds. The second-order valence-electron chi connectivity index (χ2n) is 7.17. The highest BCUT2D eigenvalue weighted by molar-refractivity contribution is 5.95. The van der Waals surface area contributed by atoms with Gasteiger partial charge >= 0.3 is 6.09 Å². The molecular weight excluding hydrogens is 320 g/mol. The van der Waals surface area contributed by atoms with Crippen LogP contribution in [0.15, 0.2) is 18.2 Å². The number of nitrogens with zero attached hydrogens (tertiary/aromatic N) is 1. The van der Waals surface area contributed by atoms with Crippen molar-refractivity contribution < 1.29 is 19.1 Å². The SMILES string of the molecule is CCO[C@@H](C)C(=O)Nc1ccc2c(c1)CCCN2C(=O)OC(C)(C)C. The summed E-state index contributed by atoms with van der Waals surface area (Å²) in [4.78, 5) is 26.2. The lowest BCUT2D eigenvalue weighted by atomic mass is 10.0. The van der Waals surface area contributed by atoms with Crippen LogP contribution in [0.2, 0.25) is 0 Å². The molecule has 0 spiro atoms. The van der Waals surface area contributed by atoms with E-state index in [2.05, 4.69) is 5.32 Å². The van der Waals surface area contributed by atoms with Gasteiger partial charge in [0.2, 0.25) is 0 Å². The van der Waals surface area contributed by atoms with E-state index in [-0.39, 0.29) is 12.0 Å². The number of benzene rings is 1. The van der Waals surface area contributed by atoms with Gasteiger partial charge in [-0.1, -0.05) is 0 Å². The minimum Gasteiger partial charge on any atom is -0.443 e. The summed E-state index contributed by atoms with van der Waals surface area (Å²) >= 11 is 0. The lowest BCUT2D eigenvalue weighted by Crippen LogP contribution is -2.39. The zero-order valence-corrected chi connectivity index (χ0v) is 15.7. The topological polar surface area (TPSA) is 67.9 Å². The van der Waals surface area contributed by atoms with Crippen LogP contribution in [0.25, 0.3) is 0 Å². The van der Waals surface area contributed by atoms with Gasteiger partial charge in [0.25, 0.3) is 5.91 Å². The van der Waals surface area contributed by atoms with Gasteiger partial charge in [0.15, 0.2) is 0 Å². The third-order valence-corrected chi connectivity index (χ3v) is 3.87. The van der Waals surface area contributed by atoms with E-state index in [4.69, 9.17) is 9.47 Å². The number of rotatable bonds is 4. The number of nitrogens with one attached hydrogen (secondary N) is 1. The molecule has 0 bridgehead atoms. The minimum atomic E-state index is -0.530. The van der Waals surface area contributed by atoms with E-state index in [0.29, 0.717) is 18.8 Å². The molecule has 0 aliphatic carbocycles. The Kier molecular flexibility index (Phi) is 6.06. The van der Waals surface area contributed by atoms with Gasteiger partial charge in [0.1, 0.15) is 11.7 Å². The van der Waals surface area contributed by atoms with Crippen LogP contribution in [0, 0.1) is 0 Å².